The number of methoxy groups -OCH3 is 1. The maximum Gasteiger partial charge on any atom is 0.305 e. The minimum atomic E-state index is -0.126. The van der Waals surface area contributed by atoms with E-state index in [9.17, 15) is 9.59 Å². The fraction of sp³-hybridized carbons (Fsp3) is 0.931. The molecular weight excluding hydrogens is 440 g/mol. The summed E-state index contributed by atoms with van der Waals surface area (Å²) in [5, 5.41) is 3.67. The van der Waals surface area contributed by atoms with Crippen LogP contribution in [0.3, 0.4) is 0 Å². The number of esters is 2. The van der Waals surface area contributed by atoms with E-state index in [1.165, 1.54) is 52.1 Å². The van der Waals surface area contributed by atoms with E-state index in [0.717, 1.165) is 19.4 Å². The standard InChI is InChI=1S/C29H50N2O4/c1-18(6-9-26(33)34-5)22-7-8-23-27-24(11-13-29(22,23)4)28(3)12-10-21(31-15-14-30)16-20(28)17-25(27)35-19(2)32/h18,20-25,27,31H,6-17,30H2,1-5H3/t18-,20-,21-,22?,23?,24?,25-,27?,28-,29+/m0/s1. The summed E-state index contributed by atoms with van der Waals surface area (Å²) in [6, 6.07) is 0.534. The van der Waals surface area contributed by atoms with Gasteiger partial charge in [-0.25, -0.2) is 0 Å². The van der Waals surface area contributed by atoms with Crippen LogP contribution in [-0.2, 0) is 19.1 Å². The molecule has 0 radical (unpaired) electrons. The Bertz CT molecular complexity index is 774. The summed E-state index contributed by atoms with van der Waals surface area (Å²) in [7, 11) is 1.48. The van der Waals surface area contributed by atoms with Crippen LogP contribution in [0.2, 0.25) is 0 Å². The number of carbonyl (C=O) groups excluding carboxylic acids is 2. The van der Waals surface area contributed by atoms with Gasteiger partial charge in [0, 0.05) is 38.4 Å². The molecule has 3 N–H and O–H groups in total. The SMILES string of the molecule is COC(=O)CC[C@H](C)C1CCC2C3C(CC[C@@]21C)[C@@]1(C)CC[C@H](NCCN)C[C@H]1C[C@@H]3OC(C)=O. The molecule has 6 nitrogen and oxygen atoms in total. The van der Waals surface area contributed by atoms with Gasteiger partial charge in [-0.2, -0.15) is 0 Å². The molecule has 4 fully saturated rings. The number of ether oxygens (including phenoxy) is 2. The van der Waals surface area contributed by atoms with Crippen molar-refractivity contribution in [2.75, 3.05) is 20.2 Å². The topological polar surface area (TPSA) is 90.7 Å². The minimum absolute atomic E-state index is 0.0394. The molecule has 0 aromatic heterocycles. The van der Waals surface area contributed by atoms with Gasteiger partial charge >= 0.3 is 11.9 Å². The average molecular weight is 491 g/mol. The fourth-order valence-corrected chi connectivity index (χ4v) is 9.63. The van der Waals surface area contributed by atoms with Crippen molar-refractivity contribution in [3.63, 3.8) is 0 Å². The highest BCUT2D eigenvalue weighted by atomic mass is 16.5. The van der Waals surface area contributed by atoms with Crippen molar-refractivity contribution in [2.24, 2.45) is 52.1 Å². The highest BCUT2D eigenvalue weighted by Crippen LogP contribution is 2.68. The van der Waals surface area contributed by atoms with Crippen molar-refractivity contribution < 1.29 is 19.1 Å². The van der Waals surface area contributed by atoms with Gasteiger partial charge in [0.1, 0.15) is 6.10 Å². The number of nitrogens with one attached hydrogen (secondary N) is 1. The Labute approximate surface area is 212 Å². The smallest absolute Gasteiger partial charge is 0.305 e. The Morgan fingerprint density at radius 1 is 1.06 bits per heavy atom. The van der Waals surface area contributed by atoms with Gasteiger partial charge in [0.15, 0.2) is 0 Å². The lowest BCUT2D eigenvalue weighted by Gasteiger charge is -2.63. The predicted molar refractivity (Wildman–Crippen MR) is 137 cm³/mol. The molecule has 0 spiro atoms. The molecule has 10 atom stereocenters. The van der Waals surface area contributed by atoms with Gasteiger partial charge in [0.25, 0.3) is 0 Å². The number of nitrogens with two attached hydrogens (primary N) is 1. The van der Waals surface area contributed by atoms with Crippen LogP contribution in [-0.4, -0.2) is 44.3 Å². The highest BCUT2D eigenvalue weighted by molar-refractivity contribution is 5.69. The van der Waals surface area contributed by atoms with E-state index in [-0.39, 0.29) is 23.5 Å². The van der Waals surface area contributed by atoms with Crippen LogP contribution in [0.1, 0.15) is 91.9 Å². The lowest BCUT2D eigenvalue weighted by molar-refractivity contribution is -0.190. The molecule has 0 aromatic carbocycles. The predicted octanol–water partition coefficient (Wildman–Crippen LogP) is 4.69. The van der Waals surface area contributed by atoms with Crippen molar-refractivity contribution >= 4 is 11.9 Å². The van der Waals surface area contributed by atoms with E-state index in [1.807, 2.05) is 0 Å². The minimum Gasteiger partial charge on any atom is -0.469 e. The summed E-state index contributed by atoms with van der Waals surface area (Å²) in [5.74, 6) is 3.19. The summed E-state index contributed by atoms with van der Waals surface area (Å²) < 4.78 is 11.1. The molecule has 4 saturated carbocycles. The second kappa shape index (κ2) is 10.7. The number of hydrogen-bond donors (Lipinski definition) is 2. The molecule has 0 heterocycles. The highest BCUT2D eigenvalue weighted by Gasteiger charge is 2.63. The van der Waals surface area contributed by atoms with Crippen LogP contribution in [0, 0.1) is 46.3 Å². The molecule has 0 amide bonds. The first kappa shape index (κ1) is 26.9. The van der Waals surface area contributed by atoms with Crippen LogP contribution in [0.15, 0.2) is 0 Å². The summed E-state index contributed by atoms with van der Waals surface area (Å²) in [6.07, 6.45) is 11.1. The fourth-order valence-electron chi connectivity index (χ4n) is 9.63. The van der Waals surface area contributed by atoms with Crippen molar-refractivity contribution in [3.05, 3.63) is 0 Å². The Hall–Kier alpha value is -1.14. The molecule has 4 rings (SSSR count). The van der Waals surface area contributed by atoms with Crippen LogP contribution in [0.4, 0.5) is 0 Å². The van der Waals surface area contributed by atoms with Crippen LogP contribution in [0.25, 0.3) is 0 Å². The molecule has 4 unspecified atom stereocenters. The Kier molecular flexibility index (Phi) is 8.22. The monoisotopic (exact) mass is 490 g/mol. The number of hydrogen-bond acceptors (Lipinski definition) is 6. The van der Waals surface area contributed by atoms with Gasteiger partial charge in [-0.05, 0) is 98.2 Å². The molecule has 200 valence electrons. The first-order valence-electron chi connectivity index (χ1n) is 14.3. The van der Waals surface area contributed by atoms with Gasteiger partial charge in [-0.3, -0.25) is 9.59 Å². The first-order chi connectivity index (χ1) is 16.6. The molecule has 0 aromatic rings. The molecule has 0 aliphatic heterocycles. The zero-order chi connectivity index (χ0) is 25.4. The Morgan fingerprint density at radius 3 is 2.46 bits per heavy atom. The van der Waals surface area contributed by atoms with Crippen molar-refractivity contribution in [3.8, 4) is 0 Å². The van der Waals surface area contributed by atoms with E-state index in [0.29, 0.717) is 59.9 Å². The molecule has 0 bridgehead atoms. The molecule has 35 heavy (non-hydrogen) atoms. The summed E-state index contributed by atoms with van der Waals surface area (Å²) in [6.45, 7) is 10.6. The van der Waals surface area contributed by atoms with Gasteiger partial charge in [0.05, 0.1) is 7.11 Å². The molecule has 6 heteroatoms. The van der Waals surface area contributed by atoms with Gasteiger partial charge in [0.2, 0.25) is 0 Å². The molecular formula is C29H50N2O4. The lowest BCUT2D eigenvalue weighted by Crippen LogP contribution is -2.60. The summed E-state index contributed by atoms with van der Waals surface area (Å²) >= 11 is 0. The van der Waals surface area contributed by atoms with Gasteiger partial charge in [-0.1, -0.05) is 20.8 Å². The largest absolute Gasteiger partial charge is 0.469 e. The Morgan fingerprint density at radius 2 is 1.77 bits per heavy atom. The number of carbonyl (C=O) groups is 2. The van der Waals surface area contributed by atoms with E-state index in [1.54, 1.807) is 6.92 Å². The molecule has 4 aliphatic carbocycles. The van der Waals surface area contributed by atoms with Crippen LogP contribution in [0.5, 0.6) is 0 Å². The second-order valence-electron chi connectivity index (χ2n) is 12.9. The van der Waals surface area contributed by atoms with Crippen molar-refractivity contribution in [1.82, 2.24) is 5.32 Å². The number of fused-ring (bicyclic) bond motifs is 5. The van der Waals surface area contributed by atoms with Crippen molar-refractivity contribution in [2.45, 2.75) is 104 Å². The molecule has 4 aliphatic rings. The third-order valence-corrected chi connectivity index (χ3v) is 11.3. The quantitative estimate of drug-likeness (QED) is 0.480. The van der Waals surface area contributed by atoms with E-state index >= 15 is 0 Å². The van der Waals surface area contributed by atoms with Crippen LogP contribution < -0.4 is 11.1 Å². The molecule has 0 saturated heterocycles. The number of rotatable bonds is 8. The zero-order valence-electron chi connectivity index (χ0n) is 22.8. The maximum atomic E-state index is 12.3. The van der Waals surface area contributed by atoms with E-state index in [2.05, 4.69) is 26.1 Å². The Balaban J connectivity index is 1.56. The normalized spacial score (nSPS) is 43.4. The third-order valence-electron chi connectivity index (χ3n) is 11.3. The van der Waals surface area contributed by atoms with Gasteiger partial charge in [-0.15, -0.1) is 0 Å². The third kappa shape index (κ3) is 5.03. The van der Waals surface area contributed by atoms with Gasteiger partial charge < -0.3 is 20.5 Å². The van der Waals surface area contributed by atoms with E-state index in [4.69, 9.17) is 15.2 Å². The first-order valence-corrected chi connectivity index (χ1v) is 14.3. The zero-order valence-corrected chi connectivity index (χ0v) is 22.8. The van der Waals surface area contributed by atoms with Crippen molar-refractivity contribution in [1.29, 1.82) is 0 Å². The van der Waals surface area contributed by atoms with E-state index < -0.39 is 0 Å². The average Bonchev–Trinajstić information content (AvgIpc) is 3.18. The summed E-state index contributed by atoms with van der Waals surface area (Å²) in [4.78, 5) is 24.1. The maximum absolute atomic E-state index is 12.3. The lowest BCUT2D eigenvalue weighted by atomic mass is 9.43. The summed E-state index contributed by atoms with van der Waals surface area (Å²) in [5.41, 5.74) is 6.35. The van der Waals surface area contributed by atoms with Crippen LogP contribution >= 0.6 is 0 Å². The second-order valence-corrected chi connectivity index (χ2v) is 12.9.